The maximum atomic E-state index is 4.74. The molecule has 0 fully saturated rings. The molecule has 0 aliphatic rings. The van der Waals surface area contributed by atoms with E-state index in [0.717, 1.165) is 35.0 Å². The van der Waals surface area contributed by atoms with Crippen LogP contribution in [0.4, 0.5) is 5.69 Å². The molecule has 0 bridgehead atoms. The molecule has 0 aliphatic carbocycles. The Balaban J connectivity index is 1.79. The fourth-order valence-corrected chi connectivity index (χ4v) is 3.43. The summed E-state index contributed by atoms with van der Waals surface area (Å²) in [5, 5.41) is 1.04. The van der Waals surface area contributed by atoms with Crippen LogP contribution in [-0.4, -0.2) is 34.2 Å². The summed E-state index contributed by atoms with van der Waals surface area (Å²) in [6, 6.07) is 12.7. The van der Waals surface area contributed by atoms with Gasteiger partial charge >= 0.3 is 0 Å². The highest BCUT2D eigenvalue weighted by atomic mass is 32.1. The first-order valence-corrected chi connectivity index (χ1v) is 9.97. The molecule has 5 heteroatoms. The molecule has 3 aromatic rings. The SMILES string of the molecule is CCN(C)/C=N/c1cc(C)c(Cc2nc(-c3ccc(C)cc3)ns2)cc1C. The summed E-state index contributed by atoms with van der Waals surface area (Å²) in [6.07, 6.45) is 2.69. The second-order valence-electron chi connectivity index (χ2n) is 6.94. The van der Waals surface area contributed by atoms with E-state index in [-0.39, 0.29) is 0 Å². The van der Waals surface area contributed by atoms with E-state index >= 15 is 0 Å². The van der Waals surface area contributed by atoms with Gasteiger partial charge in [-0.2, -0.15) is 4.37 Å². The molecular weight excluding hydrogens is 352 g/mol. The Bertz CT molecular complexity index is 941. The van der Waals surface area contributed by atoms with Gasteiger partial charge in [-0.25, -0.2) is 9.98 Å². The molecule has 0 unspecified atom stereocenters. The molecule has 4 nitrogen and oxygen atoms in total. The predicted octanol–water partition coefficient (Wildman–Crippen LogP) is 5.33. The standard InChI is InChI=1S/C22H26N4S/c1-6-26(5)14-23-20-12-16(3)19(11-17(20)4)13-21-24-22(25-27-21)18-9-7-15(2)8-10-18/h7-12,14H,6,13H2,1-5H3/b23-14+. The number of rotatable bonds is 6. The topological polar surface area (TPSA) is 41.4 Å². The average molecular weight is 379 g/mol. The molecule has 0 amide bonds. The smallest absolute Gasteiger partial charge is 0.173 e. The van der Waals surface area contributed by atoms with Crippen LogP contribution in [0.3, 0.4) is 0 Å². The summed E-state index contributed by atoms with van der Waals surface area (Å²) in [5.41, 5.74) is 7.03. The van der Waals surface area contributed by atoms with Crippen molar-refractivity contribution < 1.29 is 0 Å². The van der Waals surface area contributed by atoms with Gasteiger partial charge in [0.2, 0.25) is 0 Å². The van der Waals surface area contributed by atoms with Gasteiger partial charge in [0.1, 0.15) is 5.01 Å². The Kier molecular flexibility index (Phi) is 6.01. The molecular formula is C22H26N4S. The zero-order valence-corrected chi connectivity index (χ0v) is 17.5. The Morgan fingerprint density at radius 2 is 1.81 bits per heavy atom. The van der Waals surface area contributed by atoms with Crippen LogP contribution in [-0.2, 0) is 6.42 Å². The van der Waals surface area contributed by atoms with E-state index in [4.69, 9.17) is 4.98 Å². The normalized spacial score (nSPS) is 11.3. The maximum Gasteiger partial charge on any atom is 0.173 e. The molecule has 0 aliphatic heterocycles. The van der Waals surface area contributed by atoms with E-state index in [1.807, 2.05) is 13.4 Å². The number of aliphatic imine (C=N–C) groups is 1. The summed E-state index contributed by atoms with van der Waals surface area (Å²) >= 11 is 1.48. The molecule has 27 heavy (non-hydrogen) atoms. The second kappa shape index (κ2) is 8.44. The van der Waals surface area contributed by atoms with Crippen LogP contribution in [0, 0.1) is 20.8 Å². The van der Waals surface area contributed by atoms with Gasteiger partial charge in [0, 0.05) is 25.6 Å². The van der Waals surface area contributed by atoms with Crippen LogP contribution in [0.1, 0.15) is 34.2 Å². The van der Waals surface area contributed by atoms with Crippen molar-refractivity contribution in [3.63, 3.8) is 0 Å². The Morgan fingerprint density at radius 1 is 1.07 bits per heavy atom. The van der Waals surface area contributed by atoms with Gasteiger partial charge in [0.15, 0.2) is 5.82 Å². The Morgan fingerprint density at radius 3 is 2.52 bits per heavy atom. The van der Waals surface area contributed by atoms with Crippen molar-refractivity contribution in [3.8, 4) is 11.4 Å². The Hall–Kier alpha value is -2.53. The number of aryl methyl sites for hydroxylation is 3. The minimum atomic E-state index is 0.801. The first kappa shape index (κ1) is 19.2. The van der Waals surface area contributed by atoms with E-state index in [9.17, 15) is 0 Å². The van der Waals surface area contributed by atoms with Gasteiger partial charge in [-0.3, -0.25) is 0 Å². The molecule has 0 radical (unpaired) electrons. The molecule has 2 aromatic carbocycles. The van der Waals surface area contributed by atoms with Gasteiger partial charge in [-0.15, -0.1) is 0 Å². The van der Waals surface area contributed by atoms with Crippen LogP contribution >= 0.6 is 11.5 Å². The molecule has 3 rings (SSSR count). The molecule has 1 heterocycles. The van der Waals surface area contributed by atoms with Crippen molar-refractivity contribution in [1.29, 1.82) is 0 Å². The predicted molar refractivity (Wildman–Crippen MR) is 115 cm³/mol. The molecule has 1 aromatic heterocycles. The highest BCUT2D eigenvalue weighted by molar-refractivity contribution is 7.05. The van der Waals surface area contributed by atoms with Crippen LogP contribution in [0.5, 0.6) is 0 Å². The van der Waals surface area contributed by atoms with Crippen LogP contribution < -0.4 is 0 Å². The van der Waals surface area contributed by atoms with Crippen molar-refractivity contribution >= 4 is 23.6 Å². The lowest BCUT2D eigenvalue weighted by atomic mass is 10.0. The van der Waals surface area contributed by atoms with Crippen LogP contribution in [0.25, 0.3) is 11.4 Å². The summed E-state index contributed by atoms with van der Waals surface area (Å²) in [6.45, 7) is 9.39. The zero-order chi connectivity index (χ0) is 19.4. The third-order valence-corrected chi connectivity index (χ3v) is 5.38. The second-order valence-corrected chi connectivity index (χ2v) is 7.77. The van der Waals surface area contributed by atoms with Crippen LogP contribution in [0.2, 0.25) is 0 Å². The molecule has 0 saturated carbocycles. The summed E-state index contributed by atoms with van der Waals surface area (Å²) in [5.74, 6) is 0.813. The zero-order valence-electron chi connectivity index (χ0n) is 16.7. The quantitative estimate of drug-likeness (QED) is 0.430. The van der Waals surface area contributed by atoms with E-state index in [1.54, 1.807) is 0 Å². The first-order valence-electron chi connectivity index (χ1n) is 9.20. The largest absolute Gasteiger partial charge is 0.366 e. The number of hydrogen-bond acceptors (Lipinski definition) is 4. The van der Waals surface area contributed by atoms with E-state index in [0.29, 0.717) is 0 Å². The van der Waals surface area contributed by atoms with Gasteiger partial charge in [0.05, 0.1) is 12.0 Å². The van der Waals surface area contributed by atoms with Crippen molar-refractivity contribution in [2.75, 3.05) is 13.6 Å². The number of hydrogen-bond donors (Lipinski definition) is 0. The van der Waals surface area contributed by atoms with Gasteiger partial charge in [-0.1, -0.05) is 35.9 Å². The third-order valence-electron chi connectivity index (χ3n) is 4.67. The van der Waals surface area contributed by atoms with Crippen molar-refractivity contribution in [3.05, 3.63) is 63.7 Å². The molecule has 0 saturated heterocycles. The first-order chi connectivity index (χ1) is 13.0. The number of aromatic nitrogens is 2. The average Bonchev–Trinajstić information content (AvgIpc) is 3.12. The molecule has 140 valence electrons. The van der Waals surface area contributed by atoms with Gasteiger partial charge < -0.3 is 4.90 Å². The van der Waals surface area contributed by atoms with E-state index in [2.05, 4.69) is 78.4 Å². The lowest BCUT2D eigenvalue weighted by molar-refractivity contribution is 0.552. The van der Waals surface area contributed by atoms with Gasteiger partial charge in [0.25, 0.3) is 0 Å². The number of benzene rings is 2. The Labute approximate surface area is 165 Å². The highest BCUT2D eigenvalue weighted by Crippen LogP contribution is 2.26. The fourth-order valence-electron chi connectivity index (χ4n) is 2.74. The third kappa shape index (κ3) is 4.80. The number of nitrogens with zero attached hydrogens (tertiary/aromatic N) is 4. The monoisotopic (exact) mass is 378 g/mol. The minimum Gasteiger partial charge on any atom is -0.366 e. The van der Waals surface area contributed by atoms with E-state index in [1.165, 1.54) is 33.8 Å². The highest BCUT2D eigenvalue weighted by Gasteiger charge is 2.10. The van der Waals surface area contributed by atoms with Crippen LogP contribution in [0.15, 0.2) is 41.4 Å². The summed E-state index contributed by atoms with van der Waals surface area (Å²) in [7, 11) is 2.03. The molecule has 0 N–H and O–H groups in total. The van der Waals surface area contributed by atoms with Gasteiger partial charge in [-0.05, 0) is 62.0 Å². The maximum absolute atomic E-state index is 4.74. The summed E-state index contributed by atoms with van der Waals surface area (Å²) < 4.78 is 4.54. The molecule has 0 spiro atoms. The fraction of sp³-hybridized carbons (Fsp3) is 0.318. The van der Waals surface area contributed by atoms with Crippen molar-refractivity contribution in [1.82, 2.24) is 14.3 Å². The molecule has 0 atom stereocenters. The van der Waals surface area contributed by atoms with E-state index < -0.39 is 0 Å². The van der Waals surface area contributed by atoms with Crippen molar-refractivity contribution in [2.45, 2.75) is 34.1 Å². The lowest BCUT2D eigenvalue weighted by Gasteiger charge is -2.11. The summed E-state index contributed by atoms with van der Waals surface area (Å²) in [4.78, 5) is 11.4. The minimum absolute atomic E-state index is 0.801. The lowest BCUT2D eigenvalue weighted by Crippen LogP contribution is -2.14. The van der Waals surface area contributed by atoms with Crippen molar-refractivity contribution in [2.24, 2.45) is 4.99 Å².